The molecular formula is C8H16ClNO4S2. The van der Waals surface area contributed by atoms with Crippen LogP contribution < -0.4 is 0 Å². The molecule has 1 rings (SSSR count). The number of rotatable bonds is 4. The third kappa shape index (κ3) is 4.57. The lowest BCUT2D eigenvalue weighted by Gasteiger charge is -2.28. The molecule has 5 nitrogen and oxygen atoms in total. The fourth-order valence-electron chi connectivity index (χ4n) is 1.53. The number of hydrogen-bond acceptors (Lipinski definition) is 4. The van der Waals surface area contributed by atoms with Crippen molar-refractivity contribution in [3.8, 4) is 0 Å². The summed E-state index contributed by atoms with van der Waals surface area (Å²) in [6.45, 7) is 0.725. The molecule has 0 aromatic heterocycles. The highest BCUT2D eigenvalue weighted by Crippen LogP contribution is 2.18. The van der Waals surface area contributed by atoms with Crippen molar-refractivity contribution in [2.24, 2.45) is 0 Å². The van der Waals surface area contributed by atoms with Crippen LogP contribution in [0.15, 0.2) is 0 Å². The van der Waals surface area contributed by atoms with Gasteiger partial charge in [0.2, 0.25) is 10.0 Å². The van der Waals surface area contributed by atoms with Crippen molar-refractivity contribution in [3.05, 3.63) is 0 Å². The molecule has 8 heteroatoms. The molecule has 0 aromatic rings. The Morgan fingerprint density at radius 3 is 2.38 bits per heavy atom. The van der Waals surface area contributed by atoms with Crippen molar-refractivity contribution in [1.82, 2.24) is 4.31 Å². The van der Waals surface area contributed by atoms with Gasteiger partial charge < -0.3 is 0 Å². The molecule has 1 unspecified atom stereocenters. The molecule has 0 radical (unpaired) electrons. The van der Waals surface area contributed by atoms with Crippen LogP contribution in [0.1, 0.15) is 12.8 Å². The zero-order valence-corrected chi connectivity index (χ0v) is 11.5. The quantitative estimate of drug-likeness (QED) is 0.687. The fraction of sp³-hybridized carbons (Fsp3) is 1.00. The lowest BCUT2D eigenvalue weighted by atomic mass is 10.2. The van der Waals surface area contributed by atoms with E-state index in [1.54, 1.807) is 0 Å². The number of halogens is 1. The first kappa shape index (κ1) is 14.2. The first-order valence-electron chi connectivity index (χ1n) is 5.00. The third-order valence-corrected chi connectivity index (χ3v) is 5.83. The Kier molecular flexibility index (Phi) is 4.62. The van der Waals surface area contributed by atoms with E-state index in [0.717, 1.165) is 19.1 Å². The summed E-state index contributed by atoms with van der Waals surface area (Å²) in [4.78, 5) is 0. The third-order valence-electron chi connectivity index (χ3n) is 2.43. The second kappa shape index (κ2) is 5.20. The SMILES string of the molecule is CS(=O)(=O)CCS(=O)(=O)N1CCCC(Cl)C1. The maximum absolute atomic E-state index is 11.8. The molecule has 0 amide bonds. The molecule has 1 heterocycles. The van der Waals surface area contributed by atoms with E-state index in [-0.39, 0.29) is 23.4 Å². The smallest absolute Gasteiger partial charge is 0.215 e. The van der Waals surface area contributed by atoms with E-state index in [1.165, 1.54) is 4.31 Å². The first-order chi connectivity index (χ1) is 7.21. The predicted molar refractivity (Wildman–Crippen MR) is 63.9 cm³/mol. The van der Waals surface area contributed by atoms with Crippen LogP contribution in [0, 0.1) is 0 Å². The summed E-state index contributed by atoms with van der Waals surface area (Å²) in [6.07, 6.45) is 2.56. The Morgan fingerprint density at radius 1 is 1.25 bits per heavy atom. The van der Waals surface area contributed by atoms with Gasteiger partial charge in [-0.05, 0) is 12.8 Å². The predicted octanol–water partition coefficient (Wildman–Crippen LogP) is 0.0640. The molecule has 1 aliphatic heterocycles. The molecule has 0 saturated carbocycles. The zero-order chi connectivity index (χ0) is 12.4. The summed E-state index contributed by atoms with van der Waals surface area (Å²) in [6, 6.07) is 0. The molecule has 0 bridgehead atoms. The minimum Gasteiger partial charge on any atom is -0.229 e. The molecule has 1 atom stereocenters. The standard InChI is InChI=1S/C8H16ClNO4S2/c1-15(11,12)5-6-16(13,14)10-4-2-3-8(9)7-10/h8H,2-7H2,1H3. The largest absolute Gasteiger partial charge is 0.229 e. The highest BCUT2D eigenvalue weighted by atomic mass is 35.5. The Bertz CT molecular complexity index is 431. The molecule has 1 aliphatic rings. The monoisotopic (exact) mass is 289 g/mol. The van der Waals surface area contributed by atoms with Crippen LogP contribution >= 0.6 is 11.6 Å². The van der Waals surface area contributed by atoms with Crippen molar-refractivity contribution in [2.75, 3.05) is 30.9 Å². The van der Waals surface area contributed by atoms with Gasteiger partial charge in [0, 0.05) is 24.7 Å². The molecule has 1 saturated heterocycles. The van der Waals surface area contributed by atoms with Crippen LogP contribution in [-0.4, -0.2) is 57.4 Å². The average molecular weight is 290 g/mol. The van der Waals surface area contributed by atoms with Crippen molar-refractivity contribution >= 4 is 31.5 Å². The minimum atomic E-state index is -3.48. The van der Waals surface area contributed by atoms with Crippen molar-refractivity contribution in [1.29, 1.82) is 0 Å². The van der Waals surface area contributed by atoms with Crippen molar-refractivity contribution < 1.29 is 16.8 Å². The van der Waals surface area contributed by atoms with E-state index < -0.39 is 19.9 Å². The lowest BCUT2D eigenvalue weighted by molar-refractivity contribution is 0.351. The van der Waals surface area contributed by atoms with Crippen LogP contribution in [0.2, 0.25) is 0 Å². The fourth-order valence-corrected chi connectivity index (χ4v) is 5.06. The average Bonchev–Trinajstić information content (AvgIpc) is 2.14. The van der Waals surface area contributed by atoms with Gasteiger partial charge in [-0.15, -0.1) is 11.6 Å². The molecular weight excluding hydrogens is 274 g/mol. The molecule has 0 N–H and O–H groups in total. The first-order valence-corrected chi connectivity index (χ1v) is 9.11. The van der Waals surface area contributed by atoms with E-state index in [9.17, 15) is 16.8 Å². The Balaban J connectivity index is 2.63. The molecule has 0 aliphatic carbocycles. The Hall–Kier alpha value is 0.150. The minimum absolute atomic E-state index is 0.165. The van der Waals surface area contributed by atoms with Gasteiger partial charge in [-0.3, -0.25) is 0 Å². The van der Waals surface area contributed by atoms with Crippen LogP contribution in [0.5, 0.6) is 0 Å². The van der Waals surface area contributed by atoms with Gasteiger partial charge in [-0.2, -0.15) is 0 Å². The summed E-state index contributed by atoms with van der Waals surface area (Å²) in [5.74, 6) is -0.686. The number of sulfonamides is 1. The van der Waals surface area contributed by atoms with E-state index in [4.69, 9.17) is 11.6 Å². The molecule has 16 heavy (non-hydrogen) atoms. The van der Waals surface area contributed by atoms with Crippen LogP contribution in [-0.2, 0) is 19.9 Å². The molecule has 96 valence electrons. The summed E-state index contributed by atoms with van der Waals surface area (Å²) < 4.78 is 46.7. The maximum atomic E-state index is 11.8. The molecule has 0 spiro atoms. The van der Waals surface area contributed by atoms with E-state index in [2.05, 4.69) is 0 Å². The second-order valence-electron chi connectivity index (χ2n) is 4.04. The highest BCUT2D eigenvalue weighted by Gasteiger charge is 2.28. The van der Waals surface area contributed by atoms with Gasteiger partial charge >= 0.3 is 0 Å². The van der Waals surface area contributed by atoms with Crippen molar-refractivity contribution in [3.63, 3.8) is 0 Å². The topological polar surface area (TPSA) is 71.5 Å². The highest BCUT2D eigenvalue weighted by molar-refractivity contribution is 7.93. The number of sulfone groups is 1. The normalized spacial score (nSPS) is 24.5. The number of alkyl halides is 1. The lowest BCUT2D eigenvalue weighted by Crippen LogP contribution is -2.42. The van der Waals surface area contributed by atoms with Crippen LogP contribution in [0.25, 0.3) is 0 Å². The van der Waals surface area contributed by atoms with Crippen LogP contribution in [0.3, 0.4) is 0 Å². The second-order valence-corrected chi connectivity index (χ2v) is 9.01. The molecule has 0 aromatic carbocycles. The van der Waals surface area contributed by atoms with Gasteiger partial charge in [0.1, 0.15) is 9.84 Å². The van der Waals surface area contributed by atoms with Crippen LogP contribution in [0.4, 0.5) is 0 Å². The van der Waals surface area contributed by atoms with E-state index in [1.807, 2.05) is 0 Å². The Morgan fingerprint density at radius 2 is 1.88 bits per heavy atom. The van der Waals surface area contributed by atoms with Gasteiger partial charge in [0.15, 0.2) is 0 Å². The van der Waals surface area contributed by atoms with Gasteiger partial charge in [0.25, 0.3) is 0 Å². The van der Waals surface area contributed by atoms with Gasteiger partial charge in [0.05, 0.1) is 11.5 Å². The summed E-state index contributed by atoms with van der Waals surface area (Å²) in [5.41, 5.74) is 0. The van der Waals surface area contributed by atoms with E-state index in [0.29, 0.717) is 6.54 Å². The number of piperidine rings is 1. The van der Waals surface area contributed by atoms with Gasteiger partial charge in [-0.1, -0.05) is 0 Å². The number of hydrogen-bond donors (Lipinski definition) is 0. The zero-order valence-electron chi connectivity index (χ0n) is 9.09. The molecule has 1 fully saturated rings. The van der Waals surface area contributed by atoms with Gasteiger partial charge in [-0.25, -0.2) is 21.1 Å². The van der Waals surface area contributed by atoms with E-state index >= 15 is 0 Å². The summed E-state index contributed by atoms with van der Waals surface area (Å²) in [5, 5.41) is -0.165. The van der Waals surface area contributed by atoms with Crippen molar-refractivity contribution in [2.45, 2.75) is 18.2 Å². The maximum Gasteiger partial charge on any atom is 0.215 e. The summed E-state index contributed by atoms with van der Waals surface area (Å²) in [7, 11) is -6.73. The number of nitrogens with zero attached hydrogens (tertiary/aromatic N) is 1. The summed E-state index contributed by atoms with van der Waals surface area (Å²) >= 11 is 5.88. The Labute approximate surface area is 102 Å².